The molecule has 0 aromatic rings. The van der Waals surface area contributed by atoms with Gasteiger partial charge in [0.2, 0.25) is 0 Å². The highest BCUT2D eigenvalue weighted by Crippen LogP contribution is 2.49. The number of hydrogen-bond donors (Lipinski definition) is 0. The van der Waals surface area contributed by atoms with Crippen molar-refractivity contribution in [2.75, 3.05) is 0 Å². The van der Waals surface area contributed by atoms with E-state index in [-0.39, 0.29) is 35.1 Å². The molecule has 0 amide bonds. The first-order valence-corrected chi connectivity index (χ1v) is 6.92. The predicted molar refractivity (Wildman–Crippen MR) is 73.9 cm³/mol. The van der Waals surface area contributed by atoms with Crippen LogP contribution < -0.4 is 0 Å². The molecule has 2 rings (SSSR count). The smallest absolute Gasteiger partial charge is 0.302 e. The van der Waals surface area contributed by atoms with Gasteiger partial charge in [-0.15, -0.1) is 0 Å². The van der Waals surface area contributed by atoms with Gasteiger partial charge in [-0.1, -0.05) is 25.5 Å². The van der Waals surface area contributed by atoms with E-state index in [2.05, 4.69) is 0 Å². The highest BCUT2D eigenvalue weighted by Gasteiger charge is 2.45. The van der Waals surface area contributed by atoms with Gasteiger partial charge in [-0.2, -0.15) is 0 Å². The third-order valence-electron chi connectivity index (χ3n) is 4.61. The summed E-state index contributed by atoms with van der Waals surface area (Å²) in [6.45, 7) is 6.82. The number of ketones is 2. The Morgan fingerprint density at radius 1 is 1.35 bits per heavy atom. The van der Waals surface area contributed by atoms with E-state index < -0.39 is 5.41 Å². The Hall–Kier alpha value is -1.71. The lowest BCUT2D eigenvalue weighted by molar-refractivity contribution is -0.152. The van der Waals surface area contributed by atoms with Crippen LogP contribution in [-0.4, -0.2) is 23.6 Å². The van der Waals surface area contributed by atoms with E-state index >= 15 is 0 Å². The number of Topliss-reactive ketones (excluding diaryl/α,β-unsaturated/α-hetero) is 1. The molecule has 1 saturated carbocycles. The van der Waals surface area contributed by atoms with Gasteiger partial charge in [-0.3, -0.25) is 14.4 Å². The molecule has 0 bridgehead atoms. The summed E-state index contributed by atoms with van der Waals surface area (Å²) in [5.41, 5.74) is 0.878. The van der Waals surface area contributed by atoms with Crippen molar-refractivity contribution in [3.63, 3.8) is 0 Å². The summed E-state index contributed by atoms with van der Waals surface area (Å²) in [7, 11) is 0. The van der Waals surface area contributed by atoms with Crippen molar-refractivity contribution in [1.29, 1.82) is 0 Å². The molecule has 108 valence electrons. The number of rotatable bonds is 2. The van der Waals surface area contributed by atoms with Gasteiger partial charge >= 0.3 is 5.97 Å². The largest absolute Gasteiger partial charge is 0.462 e. The Kier molecular flexibility index (Phi) is 3.67. The summed E-state index contributed by atoms with van der Waals surface area (Å²) in [4.78, 5) is 34.7. The molecule has 3 atom stereocenters. The van der Waals surface area contributed by atoms with Crippen molar-refractivity contribution in [2.45, 2.75) is 46.6 Å². The summed E-state index contributed by atoms with van der Waals surface area (Å²) in [5, 5.41) is 0. The van der Waals surface area contributed by atoms with Gasteiger partial charge in [0.25, 0.3) is 0 Å². The number of carbonyl (C=O) groups excluding carboxylic acids is 3. The standard InChI is InChI=1S/C16H20O4/c1-9-15(20-11(3)18)6-5-12-7-14(19)13(10(2)17)8-16(9,12)4/h7-9,15H,5-6H2,1-4H3/t9-,15-,16+/m0/s1. The van der Waals surface area contributed by atoms with Gasteiger partial charge in [-0.25, -0.2) is 0 Å². The van der Waals surface area contributed by atoms with Gasteiger partial charge < -0.3 is 4.74 Å². The highest BCUT2D eigenvalue weighted by molar-refractivity contribution is 6.24. The molecule has 4 nitrogen and oxygen atoms in total. The van der Waals surface area contributed by atoms with Crippen molar-refractivity contribution in [1.82, 2.24) is 0 Å². The maximum absolute atomic E-state index is 11.9. The Morgan fingerprint density at radius 2 is 2.00 bits per heavy atom. The maximum atomic E-state index is 11.9. The van der Waals surface area contributed by atoms with E-state index in [1.807, 2.05) is 13.8 Å². The number of hydrogen-bond acceptors (Lipinski definition) is 4. The van der Waals surface area contributed by atoms with Crippen LogP contribution in [0.25, 0.3) is 0 Å². The summed E-state index contributed by atoms with van der Waals surface area (Å²) in [5.74, 6) is -0.675. The first kappa shape index (κ1) is 14.7. The number of carbonyl (C=O) groups is 3. The fourth-order valence-corrected chi connectivity index (χ4v) is 3.20. The van der Waals surface area contributed by atoms with Crippen LogP contribution in [0.3, 0.4) is 0 Å². The average molecular weight is 276 g/mol. The van der Waals surface area contributed by atoms with Crippen LogP contribution in [0.4, 0.5) is 0 Å². The minimum Gasteiger partial charge on any atom is -0.462 e. The Morgan fingerprint density at radius 3 is 2.55 bits per heavy atom. The third-order valence-corrected chi connectivity index (χ3v) is 4.61. The third kappa shape index (κ3) is 2.35. The normalized spacial score (nSPS) is 32.9. The fourth-order valence-electron chi connectivity index (χ4n) is 3.20. The molecule has 0 heterocycles. The topological polar surface area (TPSA) is 60.4 Å². The summed E-state index contributed by atoms with van der Waals surface area (Å²) >= 11 is 0. The van der Waals surface area contributed by atoms with Crippen molar-refractivity contribution >= 4 is 17.5 Å². The molecule has 1 fully saturated rings. The minimum atomic E-state index is -0.396. The summed E-state index contributed by atoms with van der Waals surface area (Å²) < 4.78 is 5.37. The van der Waals surface area contributed by atoms with Crippen molar-refractivity contribution in [3.05, 3.63) is 23.3 Å². The van der Waals surface area contributed by atoms with E-state index in [4.69, 9.17) is 4.74 Å². The SMILES string of the molecule is CC(=O)O[C@H]1CCC2=CC(=O)C(C(C)=O)=C[C@]2(C)[C@H]1C. The second kappa shape index (κ2) is 5.00. The van der Waals surface area contributed by atoms with E-state index in [1.165, 1.54) is 13.8 Å². The molecule has 0 unspecified atom stereocenters. The summed E-state index contributed by atoms with van der Waals surface area (Å²) in [6.07, 6.45) is 4.63. The quantitative estimate of drug-likeness (QED) is 0.574. The lowest BCUT2D eigenvalue weighted by atomic mass is 9.61. The Bertz CT molecular complexity index is 541. The van der Waals surface area contributed by atoms with E-state index in [1.54, 1.807) is 12.2 Å². The lowest BCUT2D eigenvalue weighted by Gasteiger charge is -2.45. The number of ether oxygens (including phenoxy) is 1. The minimum absolute atomic E-state index is 0.0360. The van der Waals surface area contributed by atoms with E-state index in [9.17, 15) is 14.4 Å². The number of esters is 1. The van der Waals surface area contributed by atoms with Gasteiger partial charge in [-0.05, 0) is 25.8 Å². The van der Waals surface area contributed by atoms with Crippen molar-refractivity contribution in [2.24, 2.45) is 11.3 Å². The van der Waals surface area contributed by atoms with E-state index in [0.29, 0.717) is 6.42 Å². The first-order chi connectivity index (χ1) is 9.25. The van der Waals surface area contributed by atoms with Crippen LogP contribution >= 0.6 is 0 Å². The summed E-state index contributed by atoms with van der Waals surface area (Å²) in [6, 6.07) is 0. The van der Waals surface area contributed by atoms with Crippen LogP contribution in [0.1, 0.15) is 40.5 Å². The molecule has 0 saturated heterocycles. The maximum Gasteiger partial charge on any atom is 0.302 e. The second-order valence-electron chi connectivity index (χ2n) is 5.91. The zero-order valence-corrected chi connectivity index (χ0v) is 12.4. The highest BCUT2D eigenvalue weighted by atomic mass is 16.5. The first-order valence-electron chi connectivity index (χ1n) is 6.92. The molecule has 4 heteroatoms. The predicted octanol–water partition coefficient (Wildman–Crippen LogP) is 2.38. The molecule has 0 radical (unpaired) electrons. The van der Waals surface area contributed by atoms with Gasteiger partial charge in [0.05, 0.1) is 5.57 Å². The number of fused-ring (bicyclic) bond motifs is 1. The molecule has 0 aromatic heterocycles. The van der Waals surface area contributed by atoms with Crippen LogP contribution in [0.2, 0.25) is 0 Å². The van der Waals surface area contributed by atoms with Gasteiger partial charge in [0.1, 0.15) is 6.10 Å². The van der Waals surface area contributed by atoms with E-state index in [0.717, 1.165) is 12.0 Å². The van der Waals surface area contributed by atoms with Crippen LogP contribution in [0.5, 0.6) is 0 Å². The monoisotopic (exact) mass is 276 g/mol. The Balaban J connectivity index is 2.38. The van der Waals surface area contributed by atoms with Crippen LogP contribution in [0.15, 0.2) is 23.3 Å². The molecule has 2 aliphatic carbocycles. The number of allylic oxidation sites excluding steroid dienone is 4. The zero-order chi connectivity index (χ0) is 15.1. The molecule has 0 N–H and O–H groups in total. The Labute approximate surface area is 118 Å². The molecular weight excluding hydrogens is 256 g/mol. The van der Waals surface area contributed by atoms with Gasteiger partial charge in [0.15, 0.2) is 11.6 Å². The second-order valence-corrected chi connectivity index (χ2v) is 5.91. The van der Waals surface area contributed by atoms with Crippen molar-refractivity contribution < 1.29 is 19.1 Å². The van der Waals surface area contributed by atoms with Crippen LogP contribution in [-0.2, 0) is 19.1 Å². The molecule has 20 heavy (non-hydrogen) atoms. The molecule has 0 aliphatic heterocycles. The zero-order valence-electron chi connectivity index (χ0n) is 12.4. The molecule has 2 aliphatic rings. The fraction of sp³-hybridized carbons (Fsp3) is 0.562. The van der Waals surface area contributed by atoms with Crippen LogP contribution in [0, 0.1) is 11.3 Å². The molecular formula is C16H20O4. The van der Waals surface area contributed by atoms with Gasteiger partial charge in [0, 0.05) is 18.3 Å². The van der Waals surface area contributed by atoms with Crippen molar-refractivity contribution in [3.8, 4) is 0 Å². The molecule has 0 spiro atoms. The average Bonchev–Trinajstić information content (AvgIpc) is 2.34. The lowest BCUT2D eigenvalue weighted by Crippen LogP contribution is -2.43. The molecule has 0 aromatic carbocycles.